The smallest absolute Gasteiger partial charge is 0.256 e. The van der Waals surface area contributed by atoms with Gasteiger partial charge in [0.2, 0.25) is 0 Å². The van der Waals surface area contributed by atoms with Gasteiger partial charge in [0, 0.05) is 13.6 Å². The summed E-state index contributed by atoms with van der Waals surface area (Å²) in [6.45, 7) is 2.21. The molecular formula is C10H11F2NO. The first kappa shape index (κ1) is 10.6. The summed E-state index contributed by atoms with van der Waals surface area (Å²) in [5.41, 5.74) is -0.227. The molecule has 0 spiro atoms. The number of amides is 1. The zero-order valence-corrected chi connectivity index (χ0v) is 8.05. The molecule has 0 heterocycles. The molecule has 1 amide bonds. The van der Waals surface area contributed by atoms with Crippen LogP contribution in [0, 0.1) is 11.6 Å². The predicted molar refractivity (Wildman–Crippen MR) is 49.0 cm³/mol. The molecule has 0 saturated carbocycles. The fraction of sp³-hybridized carbons (Fsp3) is 0.300. The van der Waals surface area contributed by atoms with Gasteiger partial charge in [-0.3, -0.25) is 4.79 Å². The molecule has 0 radical (unpaired) electrons. The van der Waals surface area contributed by atoms with Crippen LogP contribution in [-0.2, 0) is 0 Å². The van der Waals surface area contributed by atoms with Crippen molar-refractivity contribution in [2.45, 2.75) is 6.92 Å². The van der Waals surface area contributed by atoms with Gasteiger partial charge in [-0.15, -0.1) is 0 Å². The maximum absolute atomic E-state index is 13.1. The summed E-state index contributed by atoms with van der Waals surface area (Å²) in [4.78, 5) is 12.8. The minimum Gasteiger partial charge on any atom is -0.342 e. The van der Waals surface area contributed by atoms with Gasteiger partial charge in [0.05, 0.1) is 5.56 Å². The van der Waals surface area contributed by atoms with E-state index in [0.717, 1.165) is 6.07 Å². The van der Waals surface area contributed by atoms with Gasteiger partial charge in [-0.2, -0.15) is 0 Å². The average Bonchev–Trinajstić information content (AvgIpc) is 2.20. The van der Waals surface area contributed by atoms with E-state index in [0.29, 0.717) is 6.54 Å². The summed E-state index contributed by atoms with van der Waals surface area (Å²) < 4.78 is 25.9. The first-order valence-electron chi connectivity index (χ1n) is 4.27. The van der Waals surface area contributed by atoms with Crippen LogP contribution in [0.25, 0.3) is 0 Å². The molecule has 0 atom stereocenters. The van der Waals surface area contributed by atoms with E-state index in [2.05, 4.69) is 0 Å². The molecule has 0 aliphatic heterocycles. The molecule has 0 fully saturated rings. The summed E-state index contributed by atoms with van der Waals surface area (Å²) >= 11 is 0. The molecule has 0 aromatic heterocycles. The van der Waals surface area contributed by atoms with Gasteiger partial charge < -0.3 is 4.90 Å². The molecule has 1 aromatic carbocycles. The number of hydrogen-bond acceptors (Lipinski definition) is 1. The molecule has 0 saturated heterocycles. The van der Waals surface area contributed by atoms with Crippen molar-refractivity contribution in [1.29, 1.82) is 0 Å². The molecule has 0 bridgehead atoms. The van der Waals surface area contributed by atoms with Gasteiger partial charge in [-0.05, 0) is 19.1 Å². The van der Waals surface area contributed by atoms with Gasteiger partial charge in [-0.25, -0.2) is 8.78 Å². The summed E-state index contributed by atoms with van der Waals surface area (Å²) in [6, 6.07) is 3.57. The second-order valence-corrected chi connectivity index (χ2v) is 2.92. The number of hydrogen-bond donors (Lipinski definition) is 0. The Morgan fingerprint density at radius 1 is 1.43 bits per heavy atom. The van der Waals surface area contributed by atoms with Crippen molar-refractivity contribution >= 4 is 5.91 Å². The van der Waals surface area contributed by atoms with Crippen LogP contribution in [0.3, 0.4) is 0 Å². The van der Waals surface area contributed by atoms with Crippen molar-refractivity contribution < 1.29 is 13.6 Å². The van der Waals surface area contributed by atoms with Crippen LogP contribution >= 0.6 is 0 Å². The minimum absolute atomic E-state index is 0.227. The maximum Gasteiger partial charge on any atom is 0.256 e. The van der Waals surface area contributed by atoms with E-state index < -0.39 is 17.5 Å². The normalized spacial score (nSPS) is 10.0. The van der Waals surface area contributed by atoms with Crippen LogP contribution in [0.2, 0.25) is 0 Å². The first-order chi connectivity index (χ1) is 6.57. The lowest BCUT2D eigenvalue weighted by Crippen LogP contribution is -2.27. The predicted octanol–water partition coefficient (Wildman–Crippen LogP) is 2.06. The Kier molecular flexibility index (Phi) is 3.17. The lowest BCUT2D eigenvalue weighted by atomic mass is 10.2. The highest BCUT2D eigenvalue weighted by atomic mass is 19.2. The van der Waals surface area contributed by atoms with Crippen molar-refractivity contribution in [2.75, 3.05) is 13.6 Å². The van der Waals surface area contributed by atoms with Crippen LogP contribution in [0.1, 0.15) is 17.3 Å². The van der Waals surface area contributed by atoms with Crippen molar-refractivity contribution in [3.05, 3.63) is 35.4 Å². The lowest BCUT2D eigenvalue weighted by Gasteiger charge is -2.14. The number of halogens is 2. The molecule has 0 N–H and O–H groups in total. The van der Waals surface area contributed by atoms with E-state index in [4.69, 9.17) is 0 Å². The Bertz CT molecular complexity index is 352. The van der Waals surface area contributed by atoms with Crippen LogP contribution in [0.5, 0.6) is 0 Å². The standard InChI is InChI=1S/C10H11F2NO/c1-3-13(2)10(14)7-5-4-6-8(11)9(7)12/h4-6H,3H2,1-2H3. The van der Waals surface area contributed by atoms with Crippen LogP contribution < -0.4 is 0 Å². The highest BCUT2D eigenvalue weighted by Crippen LogP contribution is 2.12. The van der Waals surface area contributed by atoms with Gasteiger partial charge in [-0.1, -0.05) is 6.07 Å². The Labute approximate surface area is 81.1 Å². The molecule has 0 aliphatic rings. The molecule has 2 nitrogen and oxygen atoms in total. The zero-order valence-electron chi connectivity index (χ0n) is 8.05. The monoisotopic (exact) mass is 199 g/mol. The largest absolute Gasteiger partial charge is 0.342 e. The van der Waals surface area contributed by atoms with E-state index in [1.807, 2.05) is 0 Å². The Balaban J connectivity index is 3.07. The van der Waals surface area contributed by atoms with Gasteiger partial charge in [0.15, 0.2) is 11.6 Å². The second kappa shape index (κ2) is 4.17. The number of benzene rings is 1. The fourth-order valence-electron chi connectivity index (χ4n) is 1.02. The van der Waals surface area contributed by atoms with Crippen molar-refractivity contribution in [3.8, 4) is 0 Å². The summed E-state index contributed by atoms with van der Waals surface area (Å²) in [5.74, 6) is -2.59. The zero-order chi connectivity index (χ0) is 10.7. The number of carbonyl (C=O) groups excluding carboxylic acids is 1. The molecule has 14 heavy (non-hydrogen) atoms. The number of rotatable bonds is 2. The molecule has 4 heteroatoms. The number of carbonyl (C=O) groups is 1. The molecular weight excluding hydrogens is 188 g/mol. The molecule has 76 valence electrons. The molecule has 0 aliphatic carbocycles. The quantitative estimate of drug-likeness (QED) is 0.713. The van der Waals surface area contributed by atoms with E-state index in [9.17, 15) is 13.6 Å². The van der Waals surface area contributed by atoms with Crippen molar-refractivity contribution in [2.24, 2.45) is 0 Å². The third kappa shape index (κ3) is 1.89. The lowest BCUT2D eigenvalue weighted by molar-refractivity contribution is 0.0796. The highest BCUT2D eigenvalue weighted by Gasteiger charge is 2.17. The average molecular weight is 199 g/mol. The van der Waals surface area contributed by atoms with E-state index in [-0.39, 0.29) is 5.56 Å². The van der Waals surface area contributed by atoms with Crippen LogP contribution in [-0.4, -0.2) is 24.4 Å². The SMILES string of the molecule is CCN(C)C(=O)c1cccc(F)c1F. The Morgan fingerprint density at radius 3 is 2.64 bits per heavy atom. The van der Waals surface area contributed by atoms with E-state index in [1.165, 1.54) is 24.1 Å². The maximum atomic E-state index is 13.1. The summed E-state index contributed by atoms with van der Waals surface area (Å²) in [5, 5.41) is 0. The van der Waals surface area contributed by atoms with Crippen LogP contribution in [0.4, 0.5) is 8.78 Å². The highest BCUT2D eigenvalue weighted by molar-refractivity contribution is 5.94. The van der Waals surface area contributed by atoms with Crippen molar-refractivity contribution in [1.82, 2.24) is 4.90 Å². The Morgan fingerprint density at radius 2 is 2.07 bits per heavy atom. The van der Waals surface area contributed by atoms with Crippen LogP contribution in [0.15, 0.2) is 18.2 Å². The van der Waals surface area contributed by atoms with Crippen molar-refractivity contribution in [3.63, 3.8) is 0 Å². The summed E-state index contributed by atoms with van der Waals surface area (Å²) in [6.07, 6.45) is 0. The molecule has 0 unspecified atom stereocenters. The third-order valence-electron chi connectivity index (χ3n) is 2.00. The first-order valence-corrected chi connectivity index (χ1v) is 4.27. The fourth-order valence-corrected chi connectivity index (χ4v) is 1.02. The second-order valence-electron chi connectivity index (χ2n) is 2.92. The molecule has 1 aromatic rings. The third-order valence-corrected chi connectivity index (χ3v) is 2.00. The Hall–Kier alpha value is -1.45. The van der Waals surface area contributed by atoms with E-state index >= 15 is 0 Å². The number of nitrogens with zero attached hydrogens (tertiary/aromatic N) is 1. The van der Waals surface area contributed by atoms with E-state index in [1.54, 1.807) is 6.92 Å². The minimum atomic E-state index is -1.09. The van der Waals surface area contributed by atoms with Gasteiger partial charge in [0.1, 0.15) is 0 Å². The van der Waals surface area contributed by atoms with Gasteiger partial charge >= 0.3 is 0 Å². The summed E-state index contributed by atoms with van der Waals surface area (Å²) in [7, 11) is 1.53. The van der Waals surface area contributed by atoms with Gasteiger partial charge in [0.25, 0.3) is 5.91 Å². The topological polar surface area (TPSA) is 20.3 Å². The molecule has 1 rings (SSSR count).